The molecule has 0 aromatic heterocycles. The Kier molecular flexibility index (Phi) is 12.5. The van der Waals surface area contributed by atoms with Crippen LogP contribution in [0.5, 0.6) is 11.5 Å². The minimum atomic E-state index is -0.733. The van der Waals surface area contributed by atoms with E-state index < -0.39 is 12.3 Å². The van der Waals surface area contributed by atoms with Crippen molar-refractivity contribution in [2.45, 2.75) is 105 Å². The summed E-state index contributed by atoms with van der Waals surface area (Å²) in [5, 5.41) is 2.71. The van der Waals surface area contributed by atoms with Gasteiger partial charge in [0.1, 0.15) is 5.75 Å². The third-order valence-electron chi connectivity index (χ3n) is 8.09. The Morgan fingerprint density at radius 3 is 1.62 bits per heavy atom. The molecule has 0 bridgehead atoms. The third-order valence-corrected chi connectivity index (χ3v) is 8.09. The lowest BCUT2D eigenvalue weighted by Gasteiger charge is -2.25. The van der Waals surface area contributed by atoms with E-state index >= 15 is 0 Å². The quantitative estimate of drug-likeness (QED) is 0.108. The number of carbonyl (C=O) groups is 2. The van der Waals surface area contributed by atoms with E-state index in [0.29, 0.717) is 52.7 Å². The molecule has 0 heterocycles. The first kappa shape index (κ1) is 33.2. The van der Waals surface area contributed by atoms with E-state index in [1.54, 1.807) is 0 Å². The second-order valence-electron chi connectivity index (χ2n) is 12.3. The van der Waals surface area contributed by atoms with Gasteiger partial charge in [-0.2, -0.15) is 0 Å². The van der Waals surface area contributed by atoms with Gasteiger partial charge in [-0.3, -0.25) is 0 Å². The molecule has 0 fully saturated rings. The number of rotatable bonds is 14. The number of hydrogen-bond acceptors (Lipinski definition) is 6. The Labute approximate surface area is 252 Å². The average Bonchev–Trinajstić information content (AvgIpc) is 2.98. The molecule has 0 N–H and O–H groups in total. The highest BCUT2D eigenvalue weighted by molar-refractivity contribution is 6.13. The smallest absolute Gasteiger partial charge is 0.434 e. The molecule has 0 saturated heterocycles. The Morgan fingerprint density at radius 2 is 1.14 bits per heavy atom. The number of hydrogen-bond donors (Lipinski definition) is 0. The molecule has 3 aromatic rings. The van der Waals surface area contributed by atoms with Crippen LogP contribution < -0.4 is 9.47 Å². The van der Waals surface area contributed by atoms with Gasteiger partial charge in [0.2, 0.25) is 0 Å². The van der Waals surface area contributed by atoms with Crippen molar-refractivity contribution in [3.63, 3.8) is 0 Å². The lowest BCUT2D eigenvalue weighted by molar-refractivity contribution is 0.0805. The molecule has 42 heavy (non-hydrogen) atoms. The minimum absolute atomic E-state index is 0.289. The molecule has 0 aliphatic heterocycles. The predicted molar refractivity (Wildman–Crippen MR) is 171 cm³/mol. The fourth-order valence-corrected chi connectivity index (χ4v) is 5.38. The van der Waals surface area contributed by atoms with E-state index in [1.165, 1.54) is 0 Å². The number of carbonyl (C=O) groups excluding carboxylic acids is 2. The molecule has 6 nitrogen and oxygen atoms in total. The van der Waals surface area contributed by atoms with Gasteiger partial charge in [-0.1, -0.05) is 129 Å². The highest BCUT2D eigenvalue weighted by atomic mass is 16.7. The van der Waals surface area contributed by atoms with E-state index in [2.05, 4.69) is 48.5 Å². The first-order valence-corrected chi connectivity index (χ1v) is 15.8. The van der Waals surface area contributed by atoms with Crippen molar-refractivity contribution >= 4 is 33.9 Å². The van der Waals surface area contributed by atoms with Crippen molar-refractivity contribution in [2.24, 2.45) is 11.8 Å². The number of unbranched alkanes of at least 4 members (excludes halogenated alkanes) is 2. The van der Waals surface area contributed by atoms with Crippen LogP contribution >= 0.6 is 0 Å². The van der Waals surface area contributed by atoms with Crippen molar-refractivity contribution in [1.82, 2.24) is 0 Å². The van der Waals surface area contributed by atoms with Crippen LogP contribution in [-0.2, 0) is 14.9 Å². The Bertz CT molecular complexity index is 1320. The Hall–Kier alpha value is -3.28. The standard InChI is InChI=1S/C36H50O6/c1-8-12-17-25(10-3)23-39-34(37)41-32-27-19-14-15-20-28(27)33(31-29(32)21-16-22-30(31)36(5,6)7)42-35(38)40-24-26(11-4)18-13-9-2/h14-16,19-22,25-26H,8-13,17-18,23-24H2,1-7H3. The van der Waals surface area contributed by atoms with Crippen LogP contribution in [0.25, 0.3) is 21.5 Å². The van der Waals surface area contributed by atoms with Gasteiger partial charge in [0.25, 0.3) is 0 Å². The topological polar surface area (TPSA) is 71.1 Å². The highest BCUT2D eigenvalue weighted by Gasteiger charge is 2.27. The first-order valence-electron chi connectivity index (χ1n) is 15.8. The van der Waals surface area contributed by atoms with Crippen LogP contribution in [0.15, 0.2) is 42.5 Å². The van der Waals surface area contributed by atoms with Crippen LogP contribution in [-0.4, -0.2) is 25.5 Å². The van der Waals surface area contributed by atoms with Crippen molar-refractivity contribution < 1.29 is 28.5 Å². The van der Waals surface area contributed by atoms with Gasteiger partial charge < -0.3 is 18.9 Å². The molecule has 0 amide bonds. The fourth-order valence-electron chi connectivity index (χ4n) is 5.38. The summed E-state index contributed by atoms with van der Waals surface area (Å²) in [6, 6.07) is 13.4. The maximum Gasteiger partial charge on any atom is 0.513 e. The Morgan fingerprint density at radius 1 is 0.667 bits per heavy atom. The summed E-state index contributed by atoms with van der Waals surface area (Å²) in [4.78, 5) is 26.2. The molecule has 0 radical (unpaired) electrons. The van der Waals surface area contributed by atoms with Crippen molar-refractivity contribution in [1.29, 1.82) is 0 Å². The molecule has 3 aromatic carbocycles. The second-order valence-corrected chi connectivity index (χ2v) is 12.3. The van der Waals surface area contributed by atoms with Gasteiger partial charge in [0, 0.05) is 21.5 Å². The monoisotopic (exact) mass is 578 g/mol. The largest absolute Gasteiger partial charge is 0.513 e. The number of ether oxygens (including phenoxy) is 4. The number of benzene rings is 3. The van der Waals surface area contributed by atoms with Crippen LogP contribution in [0.1, 0.15) is 105 Å². The van der Waals surface area contributed by atoms with E-state index in [4.69, 9.17) is 18.9 Å². The van der Waals surface area contributed by atoms with Gasteiger partial charge in [-0.05, 0) is 35.7 Å². The van der Waals surface area contributed by atoms with Crippen molar-refractivity contribution in [3.8, 4) is 11.5 Å². The molecular weight excluding hydrogens is 528 g/mol. The molecular formula is C36H50O6. The Balaban J connectivity index is 2.03. The van der Waals surface area contributed by atoms with E-state index in [9.17, 15) is 9.59 Å². The molecule has 0 saturated carbocycles. The molecule has 0 spiro atoms. The van der Waals surface area contributed by atoms with Gasteiger partial charge in [0.05, 0.1) is 13.2 Å². The molecule has 0 aliphatic carbocycles. The maximum atomic E-state index is 13.1. The van der Waals surface area contributed by atoms with Gasteiger partial charge >= 0.3 is 12.3 Å². The summed E-state index contributed by atoms with van der Waals surface area (Å²) in [6.07, 6.45) is 6.85. The van der Waals surface area contributed by atoms with Crippen LogP contribution in [0.3, 0.4) is 0 Å². The van der Waals surface area contributed by atoms with E-state index in [1.807, 2.05) is 42.5 Å². The van der Waals surface area contributed by atoms with Crippen LogP contribution in [0.4, 0.5) is 9.59 Å². The second kappa shape index (κ2) is 15.8. The third kappa shape index (κ3) is 8.62. The first-order chi connectivity index (χ1) is 20.1. The molecule has 2 unspecified atom stereocenters. The SMILES string of the molecule is CCCCC(CC)COC(=O)Oc1c2ccccc2c(OC(=O)OCC(CC)CCCC)c2c(C(C)(C)C)cccc12. The zero-order valence-electron chi connectivity index (χ0n) is 26.7. The lowest BCUT2D eigenvalue weighted by atomic mass is 9.82. The zero-order valence-corrected chi connectivity index (χ0v) is 26.7. The minimum Gasteiger partial charge on any atom is -0.434 e. The van der Waals surface area contributed by atoms with Crippen LogP contribution in [0, 0.1) is 11.8 Å². The molecule has 230 valence electrons. The highest BCUT2D eigenvalue weighted by Crippen LogP contribution is 2.46. The van der Waals surface area contributed by atoms with E-state index in [-0.39, 0.29) is 5.41 Å². The normalized spacial score (nSPS) is 13.1. The number of fused-ring (bicyclic) bond motifs is 2. The van der Waals surface area contributed by atoms with E-state index in [0.717, 1.165) is 62.3 Å². The van der Waals surface area contributed by atoms with Gasteiger partial charge in [-0.15, -0.1) is 0 Å². The summed E-state index contributed by atoms with van der Waals surface area (Å²) in [5.41, 5.74) is 0.676. The van der Waals surface area contributed by atoms with Gasteiger partial charge in [-0.25, -0.2) is 9.59 Å². The predicted octanol–water partition coefficient (Wildman–Crippen LogP) is 10.8. The zero-order chi connectivity index (χ0) is 30.7. The fraction of sp³-hybridized carbons (Fsp3) is 0.556. The van der Waals surface area contributed by atoms with Crippen molar-refractivity contribution in [3.05, 3.63) is 48.0 Å². The average molecular weight is 579 g/mol. The summed E-state index contributed by atoms with van der Waals surface area (Å²) >= 11 is 0. The lowest BCUT2D eigenvalue weighted by Crippen LogP contribution is -2.19. The summed E-state index contributed by atoms with van der Waals surface area (Å²) in [7, 11) is 0. The molecule has 6 heteroatoms. The summed E-state index contributed by atoms with van der Waals surface area (Å²) in [5.74, 6) is 1.40. The van der Waals surface area contributed by atoms with Crippen molar-refractivity contribution in [2.75, 3.05) is 13.2 Å². The van der Waals surface area contributed by atoms with Crippen LogP contribution in [0.2, 0.25) is 0 Å². The van der Waals surface area contributed by atoms with Gasteiger partial charge in [0.15, 0.2) is 5.75 Å². The summed E-state index contributed by atoms with van der Waals surface area (Å²) in [6.45, 7) is 15.5. The summed E-state index contributed by atoms with van der Waals surface area (Å²) < 4.78 is 23.3. The molecule has 3 rings (SSSR count). The molecule has 0 aliphatic rings. The molecule has 2 atom stereocenters. The maximum absolute atomic E-state index is 13.1.